The van der Waals surface area contributed by atoms with Crippen molar-refractivity contribution < 1.29 is 93.0 Å². The largest absolute Gasteiger partial charge is 0.381 e. The van der Waals surface area contributed by atoms with Crippen LogP contribution in [0.5, 0.6) is 0 Å². The second-order valence-electron chi connectivity index (χ2n) is 39.1. The number of likely N-dealkylation sites (N-methyl/N-ethyl adjacent to an activating group) is 4. The first-order chi connectivity index (χ1) is 59.8. The lowest BCUT2D eigenvalue weighted by Gasteiger charge is -2.46. The number of aliphatic imine (C=N–C) groups is 1. The van der Waals surface area contributed by atoms with Crippen molar-refractivity contribution in [1.82, 2.24) is 40.9 Å². The number of rotatable bonds is 7. The number of nitrogens with zero attached hydrogens (tertiary/aromatic N) is 8. The normalized spacial score (nSPS) is 33.4. The summed E-state index contributed by atoms with van der Waals surface area (Å²) in [5, 5.41) is 20.4. The Morgan fingerprint density at radius 1 is 0.441 bits per heavy atom. The zero-order valence-corrected chi connectivity index (χ0v) is 76.7. The quantitative estimate of drug-likeness (QED) is 0.0330. The van der Waals surface area contributed by atoms with Crippen molar-refractivity contribution >= 4 is 92.0 Å². The molecule has 4 aromatic rings. The third kappa shape index (κ3) is 16.2. The van der Waals surface area contributed by atoms with Crippen LogP contribution in [0.2, 0.25) is 0 Å². The summed E-state index contributed by atoms with van der Waals surface area (Å²) >= 11 is 9.01. The van der Waals surface area contributed by atoms with Crippen LogP contribution in [-0.2, 0) is 90.9 Å². The number of alkyl halides is 8. The molecule has 4 atom stereocenters. The number of carbonyl (C=O) groups excluding carboxylic acids is 6. The van der Waals surface area contributed by atoms with Gasteiger partial charge in [0.1, 0.15) is 0 Å². The van der Waals surface area contributed by atoms with Gasteiger partial charge in [0.15, 0.2) is 33.2 Å². The number of thiocarbonyl (C=S) groups is 1. The van der Waals surface area contributed by atoms with Crippen molar-refractivity contribution in [3.05, 3.63) is 122 Å². The van der Waals surface area contributed by atoms with Crippen molar-refractivity contribution in [2.75, 3.05) is 124 Å². The number of benzene rings is 4. The number of anilines is 3. The zero-order chi connectivity index (χ0) is 91.6. The molecule has 25 nitrogen and oxygen atoms in total. The van der Waals surface area contributed by atoms with Crippen LogP contribution in [0.4, 0.5) is 61.8 Å². The van der Waals surface area contributed by atoms with Crippen molar-refractivity contribution in [1.29, 1.82) is 0 Å². The van der Waals surface area contributed by atoms with E-state index in [0.29, 0.717) is 36.9 Å². The number of imide groups is 2. The Morgan fingerprint density at radius 3 is 1.04 bits per heavy atom. The fraction of sp³-hybridized carbons (Fsp3) is 0.652. The standard InChI is InChI=1S/C22H28F2N4O2.C22H27F2N3O3.C22H27F2N3O2S.C18H21BrN2O3.C4H7F2N.C4H10O2/c1-27-18(29)22(26-19(27)25)17-11-15(28-10-9-21(23,24)13-28)4-3-14(17)12-20(22)7-5-16(30-2)6-8-20;1-26-18(28)22(25-19(26)29)17-11-15(27-10-9-21(23,24)13-27)4-3-14(17)12-20(22)7-5-16(30-2)6-8-20;1-26-18(28)22(25-19(26)30)17-11-15(27-10-9-21(23,24)13-27)4-3-14(17)12-20(22)7-5-16(29-2)6-8-20;1-21-15(22)18(20-16(21)23)14-9-12(19)4-3-11(14)10-17(18)7-5-13(24-2)6-8-17;5-4(6)1-2-7-3-4;1-4(2,3)6-5/h3-4,11,16H,5-10,12-13H2,1-2H3,(H2,25,26);3-4,11,16H,5-10,12-13H2,1-2H3,(H,25,29);3-4,11,16H,5-10,12-13H2,1-2H3,(H,25,30);3-4,9,13H,5-8,10H2,1-2H3,(H,20,23);7H,1-3H2;5H,1-3H3. The molecule has 7 saturated heterocycles. The van der Waals surface area contributed by atoms with Gasteiger partial charge in [-0.25, -0.2) is 54.6 Å². The molecule has 11 fully saturated rings. The highest BCUT2D eigenvalue weighted by Crippen LogP contribution is 2.66. The number of urea groups is 2. The van der Waals surface area contributed by atoms with Crippen LogP contribution < -0.4 is 41.7 Å². The summed E-state index contributed by atoms with van der Waals surface area (Å²) in [5.41, 5.74) is 10.3. The Hall–Kier alpha value is -7.90. The highest BCUT2D eigenvalue weighted by Gasteiger charge is 2.72. The third-order valence-corrected chi connectivity index (χ3v) is 31.8. The maximum atomic E-state index is 13.8. The Balaban J connectivity index is 0.000000125. The molecule has 7 N–H and O–H groups in total. The monoisotopic (exact) mass is 1860 g/mol. The molecule has 0 radical (unpaired) electrons. The molecule has 0 bridgehead atoms. The first-order valence-electron chi connectivity index (χ1n) is 44.4. The number of hydrogen-bond acceptors (Lipinski definition) is 19. The SMILES string of the molecule is CC(C)(C)OO.COC1CCC2(CC1)Cc1ccc(Br)cc1C21NC(=O)N(C)C1=O.COC1CCC2(CC1)Cc1ccc(N3CCC(F)(F)C3)cc1C21N=C(N)N(C)C1=O.COC1CCC2(CC1)Cc1ccc(N3CCC(F)(F)C3)cc1C21NC(=O)N(C)C1=O.COC1CCC2(CC1)Cc1ccc(N3CCC(F)(F)C3)cc1C21NC(=S)N(C)C1=O.FC1(F)CCNC1. The van der Waals surface area contributed by atoms with Crippen LogP contribution in [0.1, 0.15) is 194 Å². The second-order valence-corrected chi connectivity index (χ2v) is 40.4. The molecule has 8 amide bonds. The summed E-state index contributed by atoms with van der Waals surface area (Å²) in [7, 11) is 13.4. The molecule has 0 aromatic heterocycles. The van der Waals surface area contributed by atoms with E-state index in [1.807, 2.05) is 66.7 Å². The fourth-order valence-corrected chi connectivity index (χ4v) is 24.5. The van der Waals surface area contributed by atoms with Gasteiger partial charge in [0.25, 0.3) is 47.3 Å². The van der Waals surface area contributed by atoms with E-state index in [0.717, 1.165) is 187 Å². The Bertz CT molecular complexity index is 4800. The molecular formula is C92H120BrF8N13O12S. The minimum absolute atomic E-state index is 0.00694. The number of methoxy groups -OCH3 is 4. The summed E-state index contributed by atoms with van der Waals surface area (Å²) in [4.78, 5) is 98.2. The van der Waals surface area contributed by atoms with E-state index in [9.17, 15) is 63.9 Å². The number of hydrogen-bond donors (Lipinski definition) is 6. The van der Waals surface area contributed by atoms with Gasteiger partial charge in [-0.15, -0.1) is 0 Å². The van der Waals surface area contributed by atoms with E-state index in [1.165, 1.54) is 21.7 Å². The number of amides is 8. The Kier molecular flexibility index (Phi) is 25.4. The summed E-state index contributed by atoms with van der Waals surface area (Å²) in [6.45, 7) is 5.65. The number of ether oxygens (including phenoxy) is 4. The van der Waals surface area contributed by atoms with Gasteiger partial charge in [0.05, 0.1) is 56.2 Å². The van der Waals surface area contributed by atoms with Gasteiger partial charge in [-0.1, -0.05) is 40.2 Å². The maximum Gasteiger partial charge on any atom is 0.325 e. The van der Waals surface area contributed by atoms with Gasteiger partial charge < -0.3 is 60.6 Å². The van der Waals surface area contributed by atoms with E-state index in [-0.39, 0.29) is 135 Å². The highest BCUT2D eigenvalue weighted by molar-refractivity contribution is 9.10. The van der Waals surface area contributed by atoms with E-state index in [2.05, 4.69) is 48.2 Å². The van der Waals surface area contributed by atoms with E-state index in [1.54, 1.807) is 85.1 Å². The molecule has 8 aliphatic carbocycles. The number of nitrogens with two attached hydrogens (primary N) is 1. The van der Waals surface area contributed by atoms with Crippen molar-refractivity contribution in [2.24, 2.45) is 32.4 Å². The van der Waals surface area contributed by atoms with Crippen LogP contribution >= 0.6 is 28.1 Å². The van der Waals surface area contributed by atoms with Crippen LogP contribution in [0.25, 0.3) is 0 Å². The maximum absolute atomic E-state index is 13.8. The van der Waals surface area contributed by atoms with Crippen molar-refractivity contribution in [3.63, 3.8) is 0 Å². The van der Waals surface area contributed by atoms with Gasteiger partial charge >= 0.3 is 12.1 Å². The minimum atomic E-state index is -2.70. The second kappa shape index (κ2) is 34.4. The average molecular weight is 1860 g/mol. The van der Waals surface area contributed by atoms with Gasteiger partial charge in [0, 0.05) is 152 Å². The molecule has 8 heterocycles. The number of fused-ring (bicyclic) bond motifs is 12. The van der Waals surface area contributed by atoms with Crippen LogP contribution in [-0.4, -0.2) is 234 Å². The average Bonchev–Trinajstić information content (AvgIpc) is 1.53. The summed E-state index contributed by atoms with van der Waals surface area (Å²) in [6.07, 6.45) is 17.0. The molecule has 35 heteroatoms. The summed E-state index contributed by atoms with van der Waals surface area (Å²) in [5.74, 6) is -10.8. The molecule has 127 heavy (non-hydrogen) atoms. The van der Waals surface area contributed by atoms with Gasteiger partial charge in [-0.05, 0) is 254 Å². The lowest BCUT2D eigenvalue weighted by Crippen LogP contribution is -2.56. The van der Waals surface area contributed by atoms with Crippen molar-refractivity contribution in [3.8, 4) is 0 Å². The molecule has 16 aliphatic rings. The Morgan fingerprint density at radius 2 is 0.764 bits per heavy atom. The number of nitrogens with one attached hydrogen (secondary N) is 4. The topological polar surface area (TPSA) is 278 Å². The molecule has 20 rings (SSSR count). The number of guanidine groups is 1. The lowest BCUT2D eigenvalue weighted by atomic mass is 9.61. The number of carbonyl (C=O) groups is 6. The summed E-state index contributed by atoms with van der Waals surface area (Å²) < 4.78 is 130. The Labute approximate surface area is 750 Å². The summed E-state index contributed by atoms with van der Waals surface area (Å²) in [6, 6.07) is 22.8. The predicted octanol–water partition coefficient (Wildman–Crippen LogP) is 13.7. The molecule has 8 spiro atoms. The van der Waals surface area contributed by atoms with Crippen molar-refractivity contribution in [2.45, 2.75) is 251 Å². The molecule has 8 aliphatic heterocycles. The highest BCUT2D eigenvalue weighted by atomic mass is 79.9. The van der Waals surface area contributed by atoms with Gasteiger partial charge in [0.2, 0.25) is 0 Å². The van der Waals surface area contributed by atoms with Crippen LogP contribution in [0, 0.1) is 21.7 Å². The third-order valence-electron chi connectivity index (χ3n) is 31.0. The predicted molar refractivity (Wildman–Crippen MR) is 469 cm³/mol. The van der Waals surface area contributed by atoms with Crippen LogP contribution in [0.3, 0.4) is 0 Å². The molecule has 4 saturated carbocycles. The lowest BCUT2D eigenvalue weighted by molar-refractivity contribution is -0.306. The van der Waals surface area contributed by atoms with E-state index < -0.39 is 62.9 Å². The van der Waals surface area contributed by atoms with Crippen LogP contribution in [0.15, 0.2) is 82.3 Å². The van der Waals surface area contributed by atoms with E-state index in [4.69, 9.17) is 47.1 Å². The number of halogens is 9. The molecular weight excluding hydrogens is 1740 g/mol. The first-order valence-corrected chi connectivity index (χ1v) is 45.6. The smallest absolute Gasteiger partial charge is 0.325 e. The molecule has 4 unspecified atom stereocenters. The van der Waals surface area contributed by atoms with Gasteiger partial charge in [-0.3, -0.25) is 44.0 Å². The van der Waals surface area contributed by atoms with Gasteiger partial charge in [-0.2, -0.15) is 0 Å². The zero-order valence-electron chi connectivity index (χ0n) is 74.3. The minimum Gasteiger partial charge on any atom is -0.381 e. The van der Waals surface area contributed by atoms with E-state index >= 15 is 0 Å². The first kappa shape index (κ1) is 93.8. The fourth-order valence-electron chi connectivity index (χ4n) is 23.9. The molecule has 4 aromatic carbocycles. The molecule has 694 valence electrons.